The topological polar surface area (TPSA) is 53.5 Å². The molecule has 0 bridgehead atoms. The van der Waals surface area contributed by atoms with Crippen molar-refractivity contribution in [2.45, 2.75) is 43.0 Å². The molecule has 7 heteroatoms. The molecule has 3 rings (SSSR count). The molecular weight excluding hydrogens is 322 g/mol. The van der Waals surface area contributed by atoms with Gasteiger partial charge in [0.2, 0.25) is 10.0 Å². The fourth-order valence-corrected chi connectivity index (χ4v) is 5.15. The van der Waals surface area contributed by atoms with Gasteiger partial charge in [-0.25, -0.2) is 8.42 Å². The van der Waals surface area contributed by atoms with E-state index >= 15 is 0 Å². The molecule has 2 aliphatic heterocycles. The van der Waals surface area contributed by atoms with Gasteiger partial charge >= 0.3 is 0 Å². The third kappa shape index (κ3) is 3.45. The molecule has 0 spiro atoms. The maximum Gasteiger partial charge on any atom is 0.244 e. The molecule has 122 valence electrons. The molecular formula is C15H22ClN3O2S. The van der Waals surface area contributed by atoms with Gasteiger partial charge < -0.3 is 0 Å². The highest BCUT2D eigenvalue weighted by atomic mass is 35.5. The average molecular weight is 344 g/mol. The maximum absolute atomic E-state index is 12.8. The summed E-state index contributed by atoms with van der Waals surface area (Å²) in [5, 5.41) is 0.352. The number of rotatable bonds is 3. The first-order chi connectivity index (χ1) is 10.6. The zero-order valence-corrected chi connectivity index (χ0v) is 14.2. The summed E-state index contributed by atoms with van der Waals surface area (Å²) in [5.41, 5.74) is 0. The lowest BCUT2D eigenvalue weighted by Crippen LogP contribution is -2.51. The molecule has 0 amide bonds. The summed E-state index contributed by atoms with van der Waals surface area (Å²) in [6.07, 6.45) is 8.57. The second-order valence-corrected chi connectivity index (χ2v) is 8.47. The van der Waals surface area contributed by atoms with Crippen molar-refractivity contribution < 1.29 is 8.42 Å². The van der Waals surface area contributed by atoms with E-state index in [1.54, 1.807) is 4.31 Å². The lowest BCUT2D eigenvalue weighted by Gasteiger charge is -2.40. The third-order valence-corrected chi connectivity index (χ3v) is 6.62. The molecule has 0 saturated carbocycles. The fraction of sp³-hybridized carbons (Fsp3) is 0.667. The number of halogens is 1. The monoisotopic (exact) mass is 343 g/mol. The number of nitrogens with zero attached hydrogens (tertiary/aromatic N) is 3. The van der Waals surface area contributed by atoms with Crippen molar-refractivity contribution in [3.63, 3.8) is 0 Å². The van der Waals surface area contributed by atoms with E-state index in [1.165, 1.54) is 37.7 Å². The Labute approximate surface area is 137 Å². The largest absolute Gasteiger partial charge is 0.299 e. The molecule has 1 atom stereocenters. The first kappa shape index (κ1) is 16.2. The molecule has 1 aromatic rings. The van der Waals surface area contributed by atoms with Gasteiger partial charge in [-0.2, -0.15) is 4.31 Å². The predicted molar refractivity (Wildman–Crippen MR) is 86.5 cm³/mol. The Balaban J connectivity index is 1.76. The standard InChI is InChI=1S/C15H22ClN3O2S/c16-13-9-15(11-17-10-13)22(20,21)19-8-4-5-14(12-19)18-6-2-1-3-7-18/h9-11,14H,1-8,12H2/t14-/m1/s1. The summed E-state index contributed by atoms with van der Waals surface area (Å²) < 4.78 is 27.2. The second kappa shape index (κ2) is 6.83. The van der Waals surface area contributed by atoms with Gasteiger partial charge in [-0.3, -0.25) is 9.88 Å². The van der Waals surface area contributed by atoms with Crippen LogP contribution in [0, 0.1) is 0 Å². The summed E-state index contributed by atoms with van der Waals surface area (Å²) in [5.74, 6) is 0. The normalized spacial score (nSPS) is 25.2. The van der Waals surface area contributed by atoms with Gasteiger partial charge in [0.25, 0.3) is 0 Å². The summed E-state index contributed by atoms with van der Waals surface area (Å²) in [4.78, 5) is 6.56. The minimum absolute atomic E-state index is 0.194. The van der Waals surface area contributed by atoms with Crippen molar-refractivity contribution in [2.75, 3.05) is 26.2 Å². The predicted octanol–water partition coefficient (Wildman–Crippen LogP) is 2.37. The minimum atomic E-state index is -3.50. The van der Waals surface area contributed by atoms with Crippen LogP contribution in [-0.4, -0.2) is 54.8 Å². The van der Waals surface area contributed by atoms with E-state index in [4.69, 9.17) is 11.6 Å². The van der Waals surface area contributed by atoms with E-state index in [9.17, 15) is 8.42 Å². The van der Waals surface area contributed by atoms with E-state index in [0.29, 0.717) is 24.2 Å². The minimum Gasteiger partial charge on any atom is -0.299 e. The molecule has 0 N–H and O–H groups in total. The van der Waals surface area contributed by atoms with Gasteiger partial charge in [0.15, 0.2) is 0 Å². The van der Waals surface area contributed by atoms with E-state index < -0.39 is 10.0 Å². The highest BCUT2D eigenvalue weighted by Crippen LogP contribution is 2.25. The zero-order chi connectivity index (χ0) is 15.6. The number of likely N-dealkylation sites (tertiary alicyclic amines) is 1. The van der Waals surface area contributed by atoms with Crippen LogP contribution in [0.5, 0.6) is 0 Å². The Morgan fingerprint density at radius 1 is 1.09 bits per heavy atom. The van der Waals surface area contributed by atoms with Crippen molar-refractivity contribution in [3.05, 3.63) is 23.5 Å². The van der Waals surface area contributed by atoms with Crippen LogP contribution in [0.3, 0.4) is 0 Å². The SMILES string of the molecule is O=S(=O)(c1cncc(Cl)c1)N1CCC[C@@H](N2CCCCC2)C1. The van der Waals surface area contributed by atoms with E-state index in [0.717, 1.165) is 25.9 Å². The van der Waals surface area contributed by atoms with Crippen LogP contribution in [-0.2, 0) is 10.0 Å². The van der Waals surface area contributed by atoms with Crippen LogP contribution < -0.4 is 0 Å². The van der Waals surface area contributed by atoms with Crippen LogP contribution in [0.2, 0.25) is 5.02 Å². The first-order valence-electron chi connectivity index (χ1n) is 7.92. The molecule has 0 aliphatic carbocycles. The Hall–Kier alpha value is -0.690. The van der Waals surface area contributed by atoms with Gasteiger partial charge in [-0.05, 0) is 44.8 Å². The Bertz CT molecular complexity index is 617. The van der Waals surface area contributed by atoms with E-state index in [1.807, 2.05) is 0 Å². The van der Waals surface area contributed by atoms with Crippen molar-refractivity contribution >= 4 is 21.6 Å². The lowest BCUT2D eigenvalue weighted by molar-refractivity contribution is 0.114. The number of hydrogen-bond donors (Lipinski definition) is 0. The van der Waals surface area contributed by atoms with Crippen LogP contribution in [0.4, 0.5) is 0 Å². The number of hydrogen-bond acceptors (Lipinski definition) is 4. The number of pyridine rings is 1. The van der Waals surface area contributed by atoms with Crippen LogP contribution >= 0.6 is 11.6 Å². The van der Waals surface area contributed by atoms with E-state index in [-0.39, 0.29) is 4.90 Å². The van der Waals surface area contributed by atoms with Crippen LogP contribution in [0.1, 0.15) is 32.1 Å². The second-order valence-electron chi connectivity index (χ2n) is 6.09. The van der Waals surface area contributed by atoms with Crippen molar-refractivity contribution in [3.8, 4) is 0 Å². The first-order valence-corrected chi connectivity index (χ1v) is 9.74. The highest BCUT2D eigenvalue weighted by molar-refractivity contribution is 7.89. The molecule has 22 heavy (non-hydrogen) atoms. The average Bonchev–Trinajstić information content (AvgIpc) is 2.56. The zero-order valence-electron chi connectivity index (χ0n) is 12.6. The Morgan fingerprint density at radius 2 is 1.86 bits per heavy atom. The van der Waals surface area contributed by atoms with Gasteiger partial charge in [0.1, 0.15) is 4.90 Å². The van der Waals surface area contributed by atoms with Gasteiger partial charge in [-0.15, -0.1) is 0 Å². The molecule has 3 heterocycles. The summed E-state index contributed by atoms with van der Waals surface area (Å²) >= 11 is 5.89. The molecule has 5 nitrogen and oxygen atoms in total. The lowest BCUT2D eigenvalue weighted by atomic mass is 10.0. The van der Waals surface area contributed by atoms with Crippen molar-refractivity contribution in [2.24, 2.45) is 0 Å². The molecule has 2 aliphatic rings. The number of sulfonamides is 1. The summed E-state index contributed by atoms with van der Waals surface area (Å²) in [6, 6.07) is 1.82. The van der Waals surface area contributed by atoms with Crippen molar-refractivity contribution in [1.29, 1.82) is 0 Å². The molecule has 1 aromatic heterocycles. The van der Waals surface area contributed by atoms with Gasteiger partial charge in [0.05, 0.1) is 5.02 Å². The number of piperidine rings is 2. The highest BCUT2D eigenvalue weighted by Gasteiger charge is 2.33. The molecule has 2 fully saturated rings. The maximum atomic E-state index is 12.8. The van der Waals surface area contributed by atoms with Crippen LogP contribution in [0.25, 0.3) is 0 Å². The molecule has 0 unspecified atom stereocenters. The molecule has 0 aromatic carbocycles. The summed E-state index contributed by atoms with van der Waals surface area (Å²) in [6.45, 7) is 3.35. The van der Waals surface area contributed by atoms with Crippen molar-refractivity contribution in [1.82, 2.24) is 14.2 Å². The summed E-state index contributed by atoms with van der Waals surface area (Å²) in [7, 11) is -3.50. The molecule has 0 radical (unpaired) electrons. The number of aromatic nitrogens is 1. The van der Waals surface area contributed by atoms with Gasteiger partial charge in [0, 0.05) is 31.5 Å². The quantitative estimate of drug-likeness (QED) is 0.845. The molecule has 2 saturated heterocycles. The van der Waals surface area contributed by atoms with Gasteiger partial charge in [-0.1, -0.05) is 18.0 Å². The van der Waals surface area contributed by atoms with E-state index in [2.05, 4.69) is 9.88 Å². The van der Waals surface area contributed by atoms with Crippen LogP contribution in [0.15, 0.2) is 23.4 Å². The smallest absolute Gasteiger partial charge is 0.244 e. The fourth-order valence-electron chi connectivity index (χ4n) is 3.40. The third-order valence-electron chi connectivity index (χ3n) is 4.58. The Kier molecular flexibility index (Phi) is 5.02. The Morgan fingerprint density at radius 3 is 2.59 bits per heavy atom.